The van der Waals surface area contributed by atoms with E-state index < -0.39 is 5.97 Å². The van der Waals surface area contributed by atoms with Crippen LogP contribution in [0.1, 0.15) is 40.2 Å². The molecule has 0 amide bonds. The number of hydrogen-bond donors (Lipinski definition) is 7. The molecule has 2 fully saturated rings. The number of nitrogens with one attached hydrogen (secondary N) is 5. The lowest BCUT2D eigenvalue weighted by atomic mass is 9.91. The van der Waals surface area contributed by atoms with Gasteiger partial charge in [-0.25, -0.2) is 9.48 Å². The van der Waals surface area contributed by atoms with Gasteiger partial charge in [-0.3, -0.25) is 9.89 Å². The number of aromatic amines is 1. The first-order valence-electron chi connectivity index (χ1n) is 15.8. The zero-order chi connectivity index (χ0) is 32.3. The summed E-state index contributed by atoms with van der Waals surface area (Å²) >= 11 is 0. The quantitative estimate of drug-likeness (QED) is 0.161. The minimum atomic E-state index is -1.21. The molecule has 13 nitrogen and oxygen atoms in total. The summed E-state index contributed by atoms with van der Waals surface area (Å²) in [6.45, 7) is 10.8. The largest absolute Gasteiger partial charge is 0.505 e. The third-order valence-electron chi connectivity index (χ3n) is 7.90. The number of carbonyl (C=O) groups is 1. The first-order valence-corrected chi connectivity index (χ1v) is 15.8. The van der Waals surface area contributed by atoms with Crippen LogP contribution in [-0.2, 0) is 12.8 Å². The van der Waals surface area contributed by atoms with Gasteiger partial charge in [-0.15, -0.1) is 10.2 Å². The average Bonchev–Trinajstić information content (AvgIpc) is 3.71. The Morgan fingerprint density at radius 3 is 2.04 bits per heavy atom. The predicted molar refractivity (Wildman–Crippen MR) is 176 cm³/mol. The molecule has 0 unspecified atom stereocenters. The van der Waals surface area contributed by atoms with Crippen molar-refractivity contribution in [3.05, 3.63) is 81.5 Å². The molecule has 46 heavy (non-hydrogen) atoms. The fraction of sp³-hybridized carbons (Fsp3) is 0.394. The van der Waals surface area contributed by atoms with Gasteiger partial charge in [-0.05, 0) is 80.1 Å². The Bertz CT molecular complexity index is 1660. The molecule has 4 aromatic rings. The molecule has 0 saturated carbocycles. The Balaban J connectivity index is 0.000000289. The third kappa shape index (κ3) is 8.37. The lowest BCUT2D eigenvalue weighted by Gasteiger charge is -2.16. The number of carboxylic acid groups (broad SMARTS) is 1. The number of hydrogen-bond acceptors (Lipinski definition) is 10. The van der Waals surface area contributed by atoms with Gasteiger partial charge in [0, 0.05) is 52.4 Å². The van der Waals surface area contributed by atoms with Gasteiger partial charge in [-0.1, -0.05) is 12.1 Å². The van der Waals surface area contributed by atoms with Crippen molar-refractivity contribution in [2.24, 2.45) is 10.2 Å². The van der Waals surface area contributed by atoms with Crippen molar-refractivity contribution in [3.63, 3.8) is 0 Å². The van der Waals surface area contributed by atoms with Gasteiger partial charge in [-0.2, -0.15) is 0 Å². The number of aromatic carboxylic acids is 1. The van der Waals surface area contributed by atoms with Crippen molar-refractivity contribution >= 4 is 17.3 Å². The topological polar surface area (TPSA) is 181 Å². The van der Waals surface area contributed by atoms with Crippen LogP contribution in [0.4, 0.5) is 11.4 Å². The van der Waals surface area contributed by atoms with Crippen LogP contribution in [0.2, 0.25) is 0 Å². The van der Waals surface area contributed by atoms with Crippen LogP contribution < -0.4 is 26.8 Å². The van der Waals surface area contributed by atoms with Crippen molar-refractivity contribution in [1.29, 1.82) is 0 Å². The van der Waals surface area contributed by atoms with Crippen LogP contribution >= 0.6 is 0 Å². The number of para-hydroxylation sites is 1. The van der Waals surface area contributed by atoms with E-state index in [1.165, 1.54) is 40.4 Å². The molecule has 4 heterocycles. The molecule has 2 aromatic heterocycles. The summed E-state index contributed by atoms with van der Waals surface area (Å²) in [6, 6.07) is 13.5. The second kappa shape index (κ2) is 16.1. The molecular formula is C33H42N8O5. The molecule has 0 spiro atoms. The second-order valence-corrected chi connectivity index (χ2v) is 11.2. The van der Waals surface area contributed by atoms with Crippen LogP contribution in [0.25, 0.3) is 17.0 Å². The summed E-state index contributed by atoms with van der Waals surface area (Å²) in [7, 11) is 0. The van der Waals surface area contributed by atoms with Gasteiger partial charge in [0.1, 0.15) is 11.4 Å². The Kier molecular flexibility index (Phi) is 11.5. The highest BCUT2D eigenvalue weighted by atomic mass is 16.4. The van der Waals surface area contributed by atoms with Gasteiger partial charge in [0.05, 0.1) is 16.9 Å². The highest BCUT2D eigenvalue weighted by Crippen LogP contribution is 2.38. The summed E-state index contributed by atoms with van der Waals surface area (Å²) in [5.41, 5.74) is 4.04. The van der Waals surface area contributed by atoms with Crippen molar-refractivity contribution in [2.75, 3.05) is 52.4 Å². The Morgan fingerprint density at radius 2 is 1.46 bits per heavy atom. The fourth-order valence-corrected chi connectivity index (χ4v) is 5.42. The normalized spacial score (nSPS) is 16.1. The number of rotatable bonds is 5. The van der Waals surface area contributed by atoms with Crippen molar-refractivity contribution < 1.29 is 19.4 Å². The number of aromatic hydroxyl groups is 1. The second-order valence-electron chi connectivity index (χ2n) is 11.2. The van der Waals surface area contributed by atoms with Gasteiger partial charge in [0.15, 0.2) is 11.4 Å². The van der Waals surface area contributed by atoms with Crippen LogP contribution in [-0.4, -0.2) is 78.3 Å². The van der Waals surface area contributed by atoms with Gasteiger partial charge in [0.25, 0.3) is 5.56 Å². The smallest absolute Gasteiger partial charge is 0.371 e. The van der Waals surface area contributed by atoms with E-state index in [0.717, 1.165) is 77.3 Å². The van der Waals surface area contributed by atoms with E-state index in [-0.39, 0.29) is 39.8 Å². The first kappa shape index (κ1) is 32.8. The SMILES string of the molecule is C1CNCCN1.C1CNCCN1.Cc1[nH]n(-c2ccc3c(c2)CCCC3)c(=O)c1N=Nc1cccc(-c2ccc(C(=O)O)o2)c1O. The monoisotopic (exact) mass is 630 g/mol. The molecule has 0 radical (unpaired) electrons. The van der Waals surface area contributed by atoms with E-state index >= 15 is 0 Å². The number of benzene rings is 2. The maximum Gasteiger partial charge on any atom is 0.371 e. The number of aromatic nitrogens is 2. The minimum Gasteiger partial charge on any atom is -0.505 e. The number of piperazine rings is 2. The minimum absolute atomic E-state index is 0.117. The van der Waals surface area contributed by atoms with Crippen LogP contribution in [0.15, 0.2) is 68.0 Å². The van der Waals surface area contributed by atoms with E-state index in [1.54, 1.807) is 19.1 Å². The Hall–Kier alpha value is -4.56. The number of fused-ring (bicyclic) bond motifs is 1. The van der Waals surface area contributed by atoms with Crippen molar-refractivity contribution in [2.45, 2.75) is 32.6 Å². The summed E-state index contributed by atoms with van der Waals surface area (Å²) in [6.07, 6.45) is 4.40. The highest BCUT2D eigenvalue weighted by Gasteiger charge is 2.17. The molecule has 7 rings (SSSR count). The zero-order valence-electron chi connectivity index (χ0n) is 26.1. The number of carboxylic acids is 1. The standard InChI is InChI=1S/C25H22N4O5.2C4H10N2/c1-14-22(24(31)29(28-14)17-10-9-15-5-2-3-6-16(15)13-17)27-26-19-8-4-7-18(23(19)30)20-11-12-21(34-20)25(32)33;2*1-2-6-4-3-5-1/h4,7-13,28,30H,2-3,5-6H2,1H3,(H,32,33);2*5-6H,1-4H2. The molecule has 2 aliphatic heterocycles. The molecule has 1 aliphatic carbocycles. The van der Waals surface area contributed by atoms with Crippen molar-refractivity contribution in [1.82, 2.24) is 31.0 Å². The number of phenols is 1. The van der Waals surface area contributed by atoms with Crippen LogP contribution in [0.5, 0.6) is 5.75 Å². The molecular weight excluding hydrogens is 588 g/mol. The van der Waals surface area contributed by atoms with Gasteiger partial charge < -0.3 is 35.9 Å². The van der Waals surface area contributed by atoms with E-state index in [4.69, 9.17) is 9.52 Å². The number of azo groups is 1. The molecule has 3 aliphatic rings. The van der Waals surface area contributed by atoms with Gasteiger partial charge >= 0.3 is 5.97 Å². The zero-order valence-corrected chi connectivity index (χ0v) is 26.1. The molecule has 244 valence electrons. The van der Waals surface area contributed by atoms with Crippen LogP contribution in [0, 0.1) is 6.92 Å². The molecule has 0 bridgehead atoms. The number of phenolic OH excluding ortho intramolecular Hbond substituents is 1. The number of nitrogens with zero attached hydrogens (tertiary/aromatic N) is 3. The summed E-state index contributed by atoms with van der Waals surface area (Å²) < 4.78 is 6.72. The molecule has 7 N–H and O–H groups in total. The lowest BCUT2D eigenvalue weighted by molar-refractivity contribution is 0.0663. The average molecular weight is 631 g/mol. The molecule has 2 aromatic carbocycles. The van der Waals surface area contributed by atoms with E-state index in [1.807, 2.05) is 12.1 Å². The fourth-order valence-electron chi connectivity index (χ4n) is 5.42. The maximum absolute atomic E-state index is 13.1. The Morgan fingerprint density at radius 1 is 0.826 bits per heavy atom. The summed E-state index contributed by atoms with van der Waals surface area (Å²) in [5.74, 6) is -1.51. The third-order valence-corrected chi connectivity index (χ3v) is 7.90. The van der Waals surface area contributed by atoms with Crippen LogP contribution in [0.3, 0.4) is 0 Å². The molecule has 0 atom stereocenters. The number of aryl methyl sites for hydroxylation is 3. The molecule has 2 saturated heterocycles. The lowest BCUT2D eigenvalue weighted by Crippen LogP contribution is -2.39. The predicted octanol–water partition coefficient (Wildman–Crippen LogP) is 3.79. The van der Waals surface area contributed by atoms with E-state index in [0.29, 0.717) is 5.69 Å². The van der Waals surface area contributed by atoms with Gasteiger partial charge in [0.2, 0.25) is 5.76 Å². The van der Waals surface area contributed by atoms with E-state index in [9.17, 15) is 14.7 Å². The highest BCUT2D eigenvalue weighted by molar-refractivity contribution is 5.85. The van der Waals surface area contributed by atoms with E-state index in [2.05, 4.69) is 42.7 Å². The first-order chi connectivity index (χ1) is 22.4. The number of H-pyrrole nitrogens is 1. The van der Waals surface area contributed by atoms with Crippen molar-refractivity contribution in [3.8, 4) is 22.8 Å². The Labute approximate surface area is 267 Å². The molecule has 13 heteroatoms. The maximum atomic E-state index is 13.1. The summed E-state index contributed by atoms with van der Waals surface area (Å²) in [4.78, 5) is 24.1. The number of furan rings is 1. The summed E-state index contributed by atoms with van der Waals surface area (Å²) in [5, 5.41) is 43.8.